The van der Waals surface area contributed by atoms with Gasteiger partial charge in [-0.1, -0.05) is 40.2 Å². The lowest BCUT2D eigenvalue weighted by molar-refractivity contribution is -0.136. The highest BCUT2D eigenvalue weighted by Crippen LogP contribution is 2.23. The molecule has 0 N–H and O–H groups in total. The SMILES string of the molecule is N#Cc1ccc(-c2ccc(OC(=O)COc3ccc(Br)cc3)cc2)cc1. The standard InChI is InChI=1S/C21H14BrNO3/c22-18-7-11-19(12-8-18)25-14-21(24)26-20-9-5-17(6-10-20)16-3-1-15(13-23)2-4-16/h1-12H,14H2. The molecule has 0 fully saturated rings. The summed E-state index contributed by atoms with van der Waals surface area (Å²) in [6.07, 6.45) is 0. The van der Waals surface area contributed by atoms with Gasteiger partial charge in [-0.05, 0) is 59.7 Å². The highest BCUT2D eigenvalue weighted by atomic mass is 79.9. The first kappa shape index (κ1) is 17.7. The Morgan fingerprint density at radius 2 is 1.38 bits per heavy atom. The predicted molar refractivity (Wildman–Crippen MR) is 102 cm³/mol. The van der Waals surface area contributed by atoms with Gasteiger partial charge in [0.25, 0.3) is 0 Å². The molecule has 26 heavy (non-hydrogen) atoms. The molecule has 3 aromatic rings. The highest BCUT2D eigenvalue weighted by Gasteiger charge is 2.07. The van der Waals surface area contributed by atoms with Gasteiger partial charge < -0.3 is 9.47 Å². The van der Waals surface area contributed by atoms with Crippen LogP contribution in [-0.2, 0) is 4.79 Å². The van der Waals surface area contributed by atoms with E-state index in [0.29, 0.717) is 17.1 Å². The summed E-state index contributed by atoms with van der Waals surface area (Å²) in [6, 6.07) is 23.8. The van der Waals surface area contributed by atoms with Gasteiger partial charge in [-0.3, -0.25) is 0 Å². The first-order valence-corrected chi connectivity index (χ1v) is 8.63. The van der Waals surface area contributed by atoms with E-state index in [-0.39, 0.29) is 6.61 Å². The van der Waals surface area contributed by atoms with Crippen molar-refractivity contribution in [3.8, 4) is 28.7 Å². The summed E-state index contributed by atoms with van der Waals surface area (Å²) < 4.78 is 11.6. The topological polar surface area (TPSA) is 59.3 Å². The van der Waals surface area contributed by atoms with Crippen molar-refractivity contribution in [3.05, 3.63) is 82.8 Å². The number of nitriles is 1. The number of nitrogens with zero attached hydrogens (tertiary/aromatic N) is 1. The van der Waals surface area contributed by atoms with Gasteiger partial charge in [0.1, 0.15) is 11.5 Å². The third kappa shape index (κ3) is 4.71. The van der Waals surface area contributed by atoms with Crippen molar-refractivity contribution in [2.45, 2.75) is 0 Å². The maximum atomic E-state index is 11.9. The Bertz CT molecular complexity index is 927. The Morgan fingerprint density at radius 1 is 0.846 bits per heavy atom. The average molecular weight is 408 g/mol. The first-order chi connectivity index (χ1) is 12.6. The van der Waals surface area contributed by atoms with Crippen LogP contribution in [0.25, 0.3) is 11.1 Å². The fraction of sp³-hybridized carbons (Fsp3) is 0.0476. The molecule has 0 unspecified atom stereocenters. The van der Waals surface area contributed by atoms with Gasteiger partial charge in [-0.2, -0.15) is 5.26 Å². The van der Waals surface area contributed by atoms with Crippen LogP contribution in [0.5, 0.6) is 11.5 Å². The van der Waals surface area contributed by atoms with Crippen LogP contribution in [0.1, 0.15) is 5.56 Å². The van der Waals surface area contributed by atoms with Crippen molar-refractivity contribution >= 4 is 21.9 Å². The fourth-order valence-corrected chi connectivity index (χ4v) is 2.55. The molecule has 0 saturated carbocycles. The van der Waals surface area contributed by atoms with Crippen LogP contribution >= 0.6 is 15.9 Å². The third-order valence-corrected chi connectivity index (χ3v) is 4.13. The van der Waals surface area contributed by atoms with Gasteiger partial charge in [0.15, 0.2) is 6.61 Å². The van der Waals surface area contributed by atoms with E-state index < -0.39 is 5.97 Å². The molecular formula is C21H14BrNO3. The smallest absolute Gasteiger partial charge is 0.349 e. The minimum Gasteiger partial charge on any atom is -0.482 e. The molecule has 5 heteroatoms. The monoisotopic (exact) mass is 407 g/mol. The van der Waals surface area contributed by atoms with Crippen molar-refractivity contribution in [1.82, 2.24) is 0 Å². The van der Waals surface area contributed by atoms with Crippen molar-refractivity contribution in [3.63, 3.8) is 0 Å². The van der Waals surface area contributed by atoms with E-state index in [1.165, 1.54) is 0 Å². The van der Waals surface area contributed by atoms with Crippen molar-refractivity contribution < 1.29 is 14.3 Å². The summed E-state index contributed by atoms with van der Waals surface area (Å²) in [5.74, 6) is 0.576. The number of hydrogen-bond donors (Lipinski definition) is 0. The lowest BCUT2D eigenvalue weighted by Crippen LogP contribution is -2.17. The molecule has 0 aliphatic rings. The van der Waals surface area contributed by atoms with E-state index in [1.807, 2.05) is 36.4 Å². The van der Waals surface area contributed by atoms with Crippen LogP contribution in [0, 0.1) is 11.3 Å². The summed E-state index contributed by atoms with van der Waals surface area (Å²) >= 11 is 3.34. The summed E-state index contributed by atoms with van der Waals surface area (Å²) in [7, 11) is 0. The Kier molecular flexibility index (Phi) is 5.67. The molecule has 0 saturated heterocycles. The van der Waals surface area contributed by atoms with Gasteiger partial charge in [0.05, 0.1) is 11.6 Å². The number of carbonyl (C=O) groups is 1. The number of esters is 1. The quantitative estimate of drug-likeness (QED) is 0.442. The molecule has 0 heterocycles. The number of rotatable bonds is 5. The highest BCUT2D eigenvalue weighted by molar-refractivity contribution is 9.10. The minimum atomic E-state index is -0.473. The minimum absolute atomic E-state index is 0.168. The molecule has 128 valence electrons. The Morgan fingerprint density at radius 3 is 1.96 bits per heavy atom. The van der Waals surface area contributed by atoms with Crippen molar-refractivity contribution in [2.75, 3.05) is 6.61 Å². The molecule has 0 radical (unpaired) electrons. The van der Waals surface area contributed by atoms with E-state index in [0.717, 1.165) is 15.6 Å². The van der Waals surface area contributed by atoms with Crippen LogP contribution in [0.2, 0.25) is 0 Å². The van der Waals surface area contributed by atoms with E-state index in [2.05, 4.69) is 22.0 Å². The molecule has 0 bridgehead atoms. The Hall–Kier alpha value is -3.10. The first-order valence-electron chi connectivity index (χ1n) is 7.84. The molecule has 0 atom stereocenters. The van der Waals surface area contributed by atoms with Gasteiger partial charge in [-0.15, -0.1) is 0 Å². The van der Waals surface area contributed by atoms with Crippen LogP contribution < -0.4 is 9.47 Å². The normalized spacial score (nSPS) is 10.0. The molecule has 0 aliphatic carbocycles. The zero-order valence-corrected chi connectivity index (χ0v) is 15.3. The zero-order chi connectivity index (χ0) is 18.4. The van der Waals surface area contributed by atoms with E-state index in [4.69, 9.17) is 14.7 Å². The predicted octanol–water partition coefficient (Wildman–Crippen LogP) is 4.97. The second kappa shape index (κ2) is 8.32. The molecule has 4 nitrogen and oxygen atoms in total. The van der Waals surface area contributed by atoms with Crippen LogP contribution in [-0.4, -0.2) is 12.6 Å². The number of benzene rings is 3. The van der Waals surface area contributed by atoms with Gasteiger partial charge in [-0.25, -0.2) is 4.79 Å². The third-order valence-electron chi connectivity index (χ3n) is 3.60. The van der Waals surface area contributed by atoms with Gasteiger partial charge in [0.2, 0.25) is 0 Å². The molecule has 0 spiro atoms. The number of halogens is 1. The molecule has 0 aromatic heterocycles. The molecular weight excluding hydrogens is 394 g/mol. The Balaban J connectivity index is 1.57. The second-order valence-corrected chi connectivity index (χ2v) is 6.35. The van der Waals surface area contributed by atoms with Crippen molar-refractivity contribution in [2.24, 2.45) is 0 Å². The van der Waals surface area contributed by atoms with E-state index >= 15 is 0 Å². The summed E-state index contributed by atoms with van der Waals surface area (Å²) in [4.78, 5) is 11.9. The van der Waals surface area contributed by atoms with Crippen LogP contribution in [0.3, 0.4) is 0 Å². The molecule has 3 rings (SSSR count). The number of hydrogen-bond acceptors (Lipinski definition) is 4. The lowest BCUT2D eigenvalue weighted by atomic mass is 10.0. The maximum absolute atomic E-state index is 11.9. The van der Waals surface area contributed by atoms with Crippen molar-refractivity contribution in [1.29, 1.82) is 5.26 Å². The Labute approximate surface area is 159 Å². The summed E-state index contributed by atoms with van der Waals surface area (Å²) in [5.41, 5.74) is 2.57. The number of ether oxygens (including phenoxy) is 2. The van der Waals surface area contributed by atoms with E-state index in [9.17, 15) is 4.79 Å². The fourth-order valence-electron chi connectivity index (χ4n) is 2.29. The molecule has 3 aromatic carbocycles. The summed E-state index contributed by atoms with van der Waals surface area (Å²) in [6.45, 7) is -0.168. The molecule has 0 aliphatic heterocycles. The summed E-state index contributed by atoms with van der Waals surface area (Å²) in [5, 5.41) is 8.84. The average Bonchev–Trinajstić information content (AvgIpc) is 2.68. The lowest BCUT2D eigenvalue weighted by Gasteiger charge is -2.08. The zero-order valence-electron chi connectivity index (χ0n) is 13.7. The van der Waals surface area contributed by atoms with Crippen LogP contribution in [0.4, 0.5) is 0 Å². The maximum Gasteiger partial charge on any atom is 0.349 e. The van der Waals surface area contributed by atoms with Gasteiger partial charge >= 0.3 is 5.97 Å². The second-order valence-electron chi connectivity index (χ2n) is 5.43. The van der Waals surface area contributed by atoms with E-state index in [1.54, 1.807) is 36.4 Å². The largest absolute Gasteiger partial charge is 0.482 e. The van der Waals surface area contributed by atoms with Crippen LogP contribution in [0.15, 0.2) is 77.3 Å². The molecule has 0 amide bonds. The number of carbonyl (C=O) groups excluding carboxylic acids is 1. The van der Waals surface area contributed by atoms with Gasteiger partial charge in [0, 0.05) is 4.47 Å².